The van der Waals surface area contributed by atoms with Gasteiger partial charge in [0.2, 0.25) is 0 Å². The first-order valence-corrected chi connectivity index (χ1v) is 10.5. The molecule has 178 valence electrons. The van der Waals surface area contributed by atoms with Crippen molar-refractivity contribution in [2.45, 2.75) is 32.0 Å². The molecule has 0 saturated carbocycles. The van der Waals surface area contributed by atoms with E-state index in [4.69, 9.17) is 21.1 Å². The molecule has 0 saturated heterocycles. The molecule has 10 heteroatoms. The van der Waals surface area contributed by atoms with Crippen LogP contribution in [0.25, 0.3) is 0 Å². The van der Waals surface area contributed by atoms with Crippen molar-refractivity contribution in [2.75, 3.05) is 0 Å². The van der Waals surface area contributed by atoms with E-state index < -0.39 is 23.5 Å². The fraction of sp³-hybridized carbons (Fsp3) is 0.208. The minimum Gasteiger partial charge on any atom is -0.461 e. The Balaban J connectivity index is 1.71. The number of rotatable bonds is 9. The van der Waals surface area contributed by atoms with Gasteiger partial charge >= 0.3 is 12.1 Å². The largest absolute Gasteiger partial charge is 0.461 e. The molecule has 0 N–H and O–H groups in total. The van der Waals surface area contributed by atoms with Crippen LogP contribution in [0.1, 0.15) is 23.1 Å². The SMILES string of the molecule is O=C(Cc1cc(Oc2ccc(CCC(F)(F)F)cc2Cl)ccc1[N+](=O)[O-])OCc1ccccc1. The summed E-state index contributed by atoms with van der Waals surface area (Å²) in [5, 5.41) is 11.5. The summed E-state index contributed by atoms with van der Waals surface area (Å²) in [5.74, 6) is -0.332. The van der Waals surface area contributed by atoms with Gasteiger partial charge in [0.15, 0.2) is 0 Å². The lowest BCUT2D eigenvalue weighted by Crippen LogP contribution is -2.09. The van der Waals surface area contributed by atoms with Gasteiger partial charge in [0.1, 0.15) is 18.1 Å². The molecule has 3 aromatic rings. The third-order valence-corrected chi connectivity index (χ3v) is 5.04. The number of halogens is 4. The summed E-state index contributed by atoms with van der Waals surface area (Å²) in [6.07, 6.45) is -5.84. The van der Waals surface area contributed by atoms with Gasteiger partial charge in [0.25, 0.3) is 5.69 Å². The maximum atomic E-state index is 12.4. The Hall–Kier alpha value is -3.59. The molecule has 0 atom stereocenters. The van der Waals surface area contributed by atoms with Crippen LogP contribution >= 0.6 is 11.6 Å². The van der Waals surface area contributed by atoms with Crippen molar-refractivity contribution in [1.82, 2.24) is 0 Å². The first kappa shape index (κ1) is 25.0. The maximum Gasteiger partial charge on any atom is 0.389 e. The zero-order valence-electron chi connectivity index (χ0n) is 17.7. The van der Waals surface area contributed by atoms with E-state index in [0.29, 0.717) is 5.56 Å². The normalized spacial score (nSPS) is 11.2. The minimum absolute atomic E-state index is 0.0277. The lowest BCUT2D eigenvalue weighted by molar-refractivity contribution is -0.385. The quantitative estimate of drug-likeness (QED) is 0.186. The molecule has 3 aromatic carbocycles. The fourth-order valence-electron chi connectivity index (χ4n) is 3.09. The van der Waals surface area contributed by atoms with Crippen LogP contribution in [0, 0.1) is 10.1 Å². The summed E-state index contributed by atoms with van der Waals surface area (Å²) in [6.45, 7) is 0.0277. The molecule has 6 nitrogen and oxygen atoms in total. The average Bonchev–Trinajstić information content (AvgIpc) is 2.78. The molecule has 0 aliphatic heterocycles. The number of carbonyl (C=O) groups is 1. The third-order valence-electron chi connectivity index (χ3n) is 4.75. The van der Waals surface area contributed by atoms with E-state index in [1.165, 1.54) is 36.4 Å². The fourth-order valence-corrected chi connectivity index (χ4v) is 3.33. The van der Waals surface area contributed by atoms with Crippen molar-refractivity contribution in [3.63, 3.8) is 0 Å². The highest BCUT2D eigenvalue weighted by Gasteiger charge is 2.26. The van der Waals surface area contributed by atoms with Crippen molar-refractivity contribution in [3.8, 4) is 11.5 Å². The summed E-state index contributed by atoms with van der Waals surface area (Å²) < 4.78 is 48.1. The van der Waals surface area contributed by atoms with Crippen LogP contribution < -0.4 is 4.74 Å². The smallest absolute Gasteiger partial charge is 0.389 e. The van der Waals surface area contributed by atoms with Gasteiger partial charge in [-0.1, -0.05) is 48.0 Å². The summed E-state index contributed by atoms with van der Waals surface area (Å²) in [7, 11) is 0. The molecule has 0 aromatic heterocycles. The Morgan fingerprint density at radius 2 is 1.74 bits per heavy atom. The predicted octanol–water partition coefficient (Wildman–Crippen LogP) is 6.82. The zero-order chi connectivity index (χ0) is 24.7. The van der Waals surface area contributed by atoms with Crippen molar-refractivity contribution in [2.24, 2.45) is 0 Å². The highest BCUT2D eigenvalue weighted by atomic mass is 35.5. The topological polar surface area (TPSA) is 78.7 Å². The van der Waals surface area contributed by atoms with E-state index in [-0.39, 0.29) is 47.2 Å². The number of aryl methyl sites for hydroxylation is 1. The Labute approximate surface area is 198 Å². The van der Waals surface area contributed by atoms with Gasteiger partial charge in [-0.25, -0.2) is 0 Å². The summed E-state index contributed by atoms with van der Waals surface area (Å²) in [4.78, 5) is 23.0. The Bertz CT molecular complexity index is 1170. The third kappa shape index (κ3) is 7.48. The van der Waals surface area contributed by atoms with Crippen LogP contribution in [0.3, 0.4) is 0 Å². The number of hydrogen-bond acceptors (Lipinski definition) is 5. The number of nitro benzene ring substituents is 1. The molecule has 0 fully saturated rings. The monoisotopic (exact) mass is 493 g/mol. The highest BCUT2D eigenvalue weighted by Crippen LogP contribution is 2.33. The van der Waals surface area contributed by atoms with Crippen molar-refractivity contribution >= 4 is 23.3 Å². The molecule has 0 spiro atoms. The van der Waals surface area contributed by atoms with Gasteiger partial charge in [-0.3, -0.25) is 14.9 Å². The van der Waals surface area contributed by atoms with Crippen molar-refractivity contribution in [3.05, 3.63) is 98.6 Å². The molecule has 0 aliphatic carbocycles. The van der Waals surface area contributed by atoms with Gasteiger partial charge < -0.3 is 9.47 Å². The van der Waals surface area contributed by atoms with Gasteiger partial charge in [-0.2, -0.15) is 13.2 Å². The zero-order valence-corrected chi connectivity index (χ0v) is 18.4. The van der Waals surface area contributed by atoms with Crippen LogP contribution in [0.15, 0.2) is 66.7 Å². The van der Waals surface area contributed by atoms with Crippen LogP contribution in [-0.4, -0.2) is 17.1 Å². The van der Waals surface area contributed by atoms with Gasteiger partial charge in [-0.15, -0.1) is 0 Å². The number of esters is 1. The molecule has 34 heavy (non-hydrogen) atoms. The Morgan fingerprint density at radius 1 is 1.00 bits per heavy atom. The molecule has 0 unspecified atom stereocenters. The average molecular weight is 494 g/mol. The number of benzene rings is 3. The molecular formula is C24H19ClF3NO5. The van der Waals surface area contributed by atoms with E-state index in [0.717, 1.165) is 5.56 Å². The first-order chi connectivity index (χ1) is 16.1. The summed E-state index contributed by atoms with van der Waals surface area (Å²) >= 11 is 6.15. The van der Waals surface area contributed by atoms with Crippen molar-refractivity contribution < 1.29 is 32.4 Å². The van der Waals surface area contributed by atoms with Crippen LogP contribution in [0.4, 0.5) is 18.9 Å². The van der Waals surface area contributed by atoms with Crippen molar-refractivity contribution in [1.29, 1.82) is 0 Å². The van der Waals surface area contributed by atoms with E-state index in [1.54, 1.807) is 24.3 Å². The highest BCUT2D eigenvalue weighted by molar-refractivity contribution is 6.32. The second-order valence-corrected chi connectivity index (χ2v) is 7.76. The van der Waals surface area contributed by atoms with Crippen LogP contribution in [-0.2, 0) is 29.0 Å². The van der Waals surface area contributed by atoms with Crippen LogP contribution in [0.5, 0.6) is 11.5 Å². The predicted molar refractivity (Wildman–Crippen MR) is 119 cm³/mol. The molecule has 0 aliphatic rings. The van der Waals surface area contributed by atoms with E-state index in [9.17, 15) is 28.1 Å². The summed E-state index contributed by atoms with van der Waals surface area (Å²) in [5.41, 5.74) is 0.965. The molecule has 0 radical (unpaired) electrons. The lowest BCUT2D eigenvalue weighted by atomic mass is 10.1. The molecule has 0 heterocycles. The van der Waals surface area contributed by atoms with E-state index in [1.807, 2.05) is 6.07 Å². The Kier molecular flexibility index (Phi) is 8.12. The standard InChI is InChI=1S/C24H19ClF3NO5/c25-20-12-16(10-11-24(26,27)28)6-9-22(20)34-19-7-8-21(29(31)32)18(13-19)14-23(30)33-15-17-4-2-1-3-5-17/h1-9,12-13H,10-11,14-15H2. The van der Waals surface area contributed by atoms with Gasteiger partial charge in [-0.05, 0) is 41.8 Å². The number of alkyl halides is 3. The second kappa shape index (κ2) is 11.0. The minimum atomic E-state index is -4.28. The van der Waals surface area contributed by atoms with Gasteiger partial charge in [0.05, 0.1) is 16.4 Å². The van der Waals surface area contributed by atoms with E-state index >= 15 is 0 Å². The molecular weight excluding hydrogens is 475 g/mol. The first-order valence-electron chi connectivity index (χ1n) is 10.1. The summed E-state index contributed by atoms with van der Waals surface area (Å²) in [6, 6.07) is 17.1. The maximum absolute atomic E-state index is 12.4. The Morgan fingerprint density at radius 3 is 2.38 bits per heavy atom. The number of hydrogen-bond donors (Lipinski definition) is 0. The number of ether oxygens (including phenoxy) is 2. The number of carbonyl (C=O) groups excluding carboxylic acids is 1. The molecule has 3 rings (SSSR count). The number of nitro groups is 1. The van der Waals surface area contributed by atoms with E-state index in [2.05, 4.69) is 0 Å². The lowest BCUT2D eigenvalue weighted by Gasteiger charge is -2.12. The molecule has 0 bridgehead atoms. The number of nitrogens with zero attached hydrogens (tertiary/aromatic N) is 1. The van der Waals surface area contributed by atoms with Crippen LogP contribution in [0.2, 0.25) is 5.02 Å². The van der Waals surface area contributed by atoms with Gasteiger partial charge in [0, 0.05) is 18.1 Å². The second-order valence-electron chi connectivity index (χ2n) is 7.35. The molecule has 0 amide bonds.